The zero-order chi connectivity index (χ0) is 10.4. The second-order valence-corrected chi connectivity index (χ2v) is 3.60. The van der Waals surface area contributed by atoms with Crippen LogP contribution in [0, 0.1) is 5.92 Å². The van der Waals surface area contributed by atoms with E-state index in [9.17, 15) is 4.79 Å². The molecule has 1 aromatic rings. The molecule has 0 aromatic carbocycles. The number of anilines is 1. The van der Waals surface area contributed by atoms with Gasteiger partial charge in [-0.2, -0.15) is 0 Å². The molecule has 0 saturated heterocycles. The largest absolute Gasteiger partial charge is 0.316 e. The van der Waals surface area contributed by atoms with Crippen LogP contribution in [0.3, 0.4) is 0 Å². The van der Waals surface area contributed by atoms with E-state index in [0.717, 1.165) is 18.1 Å². The molecule has 0 spiro atoms. The zero-order valence-corrected chi connectivity index (χ0v) is 8.97. The minimum absolute atomic E-state index is 0.0653. The summed E-state index contributed by atoms with van der Waals surface area (Å²) in [6.07, 6.45) is 0. The van der Waals surface area contributed by atoms with Crippen LogP contribution in [0.2, 0.25) is 0 Å². The minimum Gasteiger partial charge on any atom is -0.316 e. The quantitative estimate of drug-likeness (QED) is 0.729. The first-order chi connectivity index (χ1) is 6.74. The summed E-state index contributed by atoms with van der Waals surface area (Å²) in [4.78, 5) is 11.5. The van der Waals surface area contributed by atoms with Crippen LogP contribution < -0.4 is 10.6 Å². The highest BCUT2D eigenvalue weighted by Crippen LogP contribution is 2.06. The maximum absolute atomic E-state index is 11.5. The highest BCUT2D eigenvalue weighted by Gasteiger charge is 2.13. The standard InChI is InChI=1S/C7H13N5OS/c1-3-8-4-5(2)6(13)9-7-10-11-12-14-7/h5,8H,3-4H2,1-2H3,(H,9,10,12,13). The van der Waals surface area contributed by atoms with E-state index in [-0.39, 0.29) is 11.8 Å². The van der Waals surface area contributed by atoms with E-state index in [2.05, 4.69) is 25.4 Å². The fourth-order valence-electron chi connectivity index (χ4n) is 0.864. The number of rotatable bonds is 5. The van der Waals surface area contributed by atoms with Gasteiger partial charge in [0.25, 0.3) is 0 Å². The lowest BCUT2D eigenvalue weighted by Crippen LogP contribution is -2.30. The lowest BCUT2D eigenvalue weighted by Gasteiger charge is -2.09. The molecule has 0 saturated carbocycles. The summed E-state index contributed by atoms with van der Waals surface area (Å²) < 4.78 is 3.55. The summed E-state index contributed by atoms with van der Waals surface area (Å²) in [5, 5.41) is 13.2. The van der Waals surface area contributed by atoms with Crippen molar-refractivity contribution < 1.29 is 4.79 Å². The third-order valence-corrected chi connectivity index (χ3v) is 2.19. The molecular weight excluding hydrogens is 202 g/mol. The summed E-state index contributed by atoms with van der Waals surface area (Å²) in [5.41, 5.74) is 0. The van der Waals surface area contributed by atoms with Gasteiger partial charge in [0.2, 0.25) is 11.0 Å². The van der Waals surface area contributed by atoms with Crippen molar-refractivity contribution in [3.8, 4) is 0 Å². The average Bonchev–Trinajstić information content (AvgIpc) is 2.66. The van der Waals surface area contributed by atoms with Gasteiger partial charge in [0, 0.05) is 24.0 Å². The van der Waals surface area contributed by atoms with Gasteiger partial charge in [-0.1, -0.05) is 23.4 Å². The summed E-state index contributed by atoms with van der Waals surface area (Å²) in [6.45, 7) is 5.37. The van der Waals surface area contributed by atoms with Crippen LogP contribution in [0.1, 0.15) is 13.8 Å². The van der Waals surface area contributed by atoms with Gasteiger partial charge in [0.15, 0.2) is 0 Å². The van der Waals surface area contributed by atoms with Crippen LogP contribution in [0.4, 0.5) is 5.13 Å². The summed E-state index contributed by atoms with van der Waals surface area (Å²) in [5.74, 6) is -0.150. The van der Waals surface area contributed by atoms with Crippen molar-refractivity contribution in [3.63, 3.8) is 0 Å². The molecule has 6 nitrogen and oxygen atoms in total. The van der Waals surface area contributed by atoms with Crippen LogP contribution >= 0.6 is 11.5 Å². The third-order valence-electron chi connectivity index (χ3n) is 1.68. The first kappa shape index (κ1) is 11.0. The first-order valence-electron chi connectivity index (χ1n) is 4.40. The highest BCUT2D eigenvalue weighted by molar-refractivity contribution is 7.09. The number of amides is 1. The molecule has 0 radical (unpaired) electrons. The molecule has 0 aliphatic carbocycles. The Morgan fingerprint density at radius 3 is 3.00 bits per heavy atom. The second kappa shape index (κ2) is 5.61. The molecule has 78 valence electrons. The van der Waals surface area contributed by atoms with Crippen LogP contribution in [0.5, 0.6) is 0 Å². The Hall–Kier alpha value is -1.08. The molecule has 1 amide bonds. The monoisotopic (exact) mass is 215 g/mol. The molecular formula is C7H13N5OS. The number of nitrogens with one attached hydrogen (secondary N) is 2. The van der Waals surface area contributed by atoms with Crippen molar-refractivity contribution in [2.45, 2.75) is 13.8 Å². The molecule has 0 bridgehead atoms. The Morgan fingerprint density at radius 2 is 2.43 bits per heavy atom. The van der Waals surface area contributed by atoms with Crippen LogP contribution in [-0.2, 0) is 4.79 Å². The lowest BCUT2D eigenvalue weighted by atomic mass is 10.1. The Bertz CT molecular complexity index is 276. The zero-order valence-electron chi connectivity index (χ0n) is 8.15. The Morgan fingerprint density at radius 1 is 1.64 bits per heavy atom. The lowest BCUT2D eigenvalue weighted by molar-refractivity contribution is -0.119. The van der Waals surface area contributed by atoms with Crippen LogP contribution in [0.15, 0.2) is 0 Å². The smallest absolute Gasteiger partial charge is 0.231 e. The molecule has 0 aliphatic rings. The SMILES string of the molecule is CCNCC(C)C(=O)Nc1nnns1. The van der Waals surface area contributed by atoms with Crippen molar-refractivity contribution >= 4 is 22.6 Å². The fraction of sp³-hybridized carbons (Fsp3) is 0.714. The van der Waals surface area contributed by atoms with E-state index >= 15 is 0 Å². The molecule has 2 N–H and O–H groups in total. The molecule has 1 aromatic heterocycles. The van der Waals surface area contributed by atoms with Crippen molar-refractivity contribution in [2.75, 3.05) is 18.4 Å². The van der Waals surface area contributed by atoms with Gasteiger partial charge in [-0.25, -0.2) is 0 Å². The summed E-state index contributed by atoms with van der Waals surface area (Å²) >= 11 is 1.07. The third kappa shape index (κ3) is 3.35. The van der Waals surface area contributed by atoms with E-state index in [0.29, 0.717) is 11.7 Å². The van der Waals surface area contributed by atoms with Gasteiger partial charge < -0.3 is 5.32 Å². The van der Waals surface area contributed by atoms with Gasteiger partial charge in [-0.3, -0.25) is 10.1 Å². The van der Waals surface area contributed by atoms with E-state index in [1.54, 1.807) is 0 Å². The Labute approximate surface area is 86.3 Å². The Kier molecular flexibility index (Phi) is 4.41. The molecule has 1 rings (SSSR count). The van der Waals surface area contributed by atoms with Crippen molar-refractivity contribution in [3.05, 3.63) is 0 Å². The molecule has 0 aliphatic heterocycles. The van der Waals surface area contributed by atoms with Crippen LogP contribution in [0.25, 0.3) is 0 Å². The van der Waals surface area contributed by atoms with Gasteiger partial charge in [0.05, 0.1) is 0 Å². The average molecular weight is 215 g/mol. The maximum atomic E-state index is 11.5. The number of aromatic nitrogens is 3. The number of nitrogens with zero attached hydrogens (tertiary/aromatic N) is 3. The minimum atomic E-state index is -0.0844. The molecule has 1 heterocycles. The fourth-order valence-corrected chi connectivity index (χ4v) is 1.23. The van der Waals surface area contributed by atoms with Gasteiger partial charge >= 0.3 is 0 Å². The summed E-state index contributed by atoms with van der Waals surface area (Å²) in [6, 6.07) is 0. The predicted octanol–water partition coefficient (Wildman–Crippen LogP) is 0.117. The van der Waals surface area contributed by atoms with Crippen molar-refractivity contribution in [1.29, 1.82) is 0 Å². The maximum Gasteiger partial charge on any atom is 0.231 e. The van der Waals surface area contributed by atoms with Crippen molar-refractivity contribution in [2.24, 2.45) is 5.92 Å². The van der Waals surface area contributed by atoms with Crippen LogP contribution in [-0.4, -0.2) is 33.8 Å². The molecule has 14 heavy (non-hydrogen) atoms. The van der Waals surface area contributed by atoms with E-state index < -0.39 is 0 Å². The number of hydrogen-bond donors (Lipinski definition) is 2. The predicted molar refractivity (Wildman–Crippen MR) is 54.0 cm³/mol. The number of carbonyl (C=O) groups is 1. The van der Waals surface area contributed by atoms with E-state index in [4.69, 9.17) is 0 Å². The summed E-state index contributed by atoms with van der Waals surface area (Å²) in [7, 11) is 0. The molecule has 0 fully saturated rings. The topological polar surface area (TPSA) is 79.8 Å². The number of hydrogen-bond acceptors (Lipinski definition) is 6. The first-order valence-corrected chi connectivity index (χ1v) is 5.18. The molecule has 1 atom stereocenters. The van der Waals surface area contributed by atoms with E-state index in [1.807, 2.05) is 13.8 Å². The van der Waals surface area contributed by atoms with Gasteiger partial charge in [-0.15, -0.1) is 0 Å². The van der Waals surface area contributed by atoms with Crippen molar-refractivity contribution in [1.82, 2.24) is 20.1 Å². The normalized spacial score (nSPS) is 12.4. The second-order valence-electron chi connectivity index (χ2n) is 2.87. The molecule has 7 heteroatoms. The molecule has 1 unspecified atom stereocenters. The van der Waals surface area contributed by atoms with Gasteiger partial charge in [0.1, 0.15) is 0 Å². The van der Waals surface area contributed by atoms with Gasteiger partial charge in [-0.05, 0) is 11.8 Å². The van der Waals surface area contributed by atoms with E-state index in [1.165, 1.54) is 0 Å². The highest BCUT2D eigenvalue weighted by atomic mass is 32.1. The Balaban J connectivity index is 2.34. The number of carbonyl (C=O) groups excluding carboxylic acids is 1.